The van der Waals surface area contributed by atoms with Gasteiger partial charge >= 0.3 is 0 Å². The van der Waals surface area contributed by atoms with E-state index in [2.05, 4.69) is 29.3 Å². The molecule has 0 radical (unpaired) electrons. The van der Waals surface area contributed by atoms with Gasteiger partial charge in [0.25, 0.3) is 0 Å². The van der Waals surface area contributed by atoms with Gasteiger partial charge in [-0.05, 0) is 69.5 Å². The van der Waals surface area contributed by atoms with Crippen LogP contribution in [0.1, 0.15) is 26.2 Å². The summed E-state index contributed by atoms with van der Waals surface area (Å²) in [6, 6.07) is 8.22. The number of nitrogen functional groups attached to an aromatic ring is 1. The third-order valence-electron chi connectivity index (χ3n) is 3.85. The highest BCUT2D eigenvalue weighted by Gasteiger charge is 2.14. The van der Waals surface area contributed by atoms with E-state index >= 15 is 0 Å². The molecule has 18 heavy (non-hydrogen) atoms. The maximum absolute atomic E-state index is 5.73. The number of piperidine rings is 1. The Balaban J connectivity index is 1.86. The fourth-order valence-electron chi connectivity index (χ4n) is 2.66. The molecule has 3 nitrogen and oxygen atoms in total. The van der Waals surface area contributed by atoms with Gasteiger partial charge in [-0.1, -0.05) is 0 Å². The Bertz CT molecular complexity index is 341. The average Bonchev–Trinajstić information content (AvgIpc) is 2.42. The molecule has 0 amide bonds. The first-order valence-corrected chi connectivity index (χ1v) is 7.11. The summed E-state index contributed by atoms with van der Waals surface area (Å²) in [7, 11) is 0. The molecule has 1 saturated heterocycles. The second kappa shape index (κ2) is 6.64. The third kappa shape index (κ3) is 3.64. The monoisotopic (exact) mass is 247 g/mol. The summed E-state index contributed by atoms with van der Waals surface area (Å²) in [5.41, 5.74) is 7.86. The zero-order chi connectivity index (χ0) is 12.8. The van der Waals surface area contributed by atoms with E-state index in [1.54, 1.807) is 0 Å². The molecule has 1 aliphatic rings. The molecule has 0 saturated carbocycles. The van der Waals surface area contributed by atoms with Gasteiger partial charge in [-0.3, -0.25) is 0 Å². The van der Waals surface area contributed by atoms with Crippen LogP contribution in [0.2, 0.25) is 0 Å². The first kappa shape index (κ1) is 13.2. The summed E-state index contributed by atoms with van der Waals surface area (Å²) in [6.45, 7) is 6.82. The lowest BCUT2D eigenvalue weighted by molar-refractivity contribution is 0.359. The highest BCUT2D eigenvalue weighted by molar-refractivity contribution is 5.52. The van der Waals surface area contributed by atoms with Crippen molar-refractivity contribution < 1.29 is 0 Å². The Labute approximate surface area is 110 Å². The van der Waals surface area contributed by atoms with Gasteiger partial charge in [0, 0.05) is 24.5 Å². The minimum atomic E-state index is 0.839. The number of nitrogens with two attached hydrogens (primary N) is 1. The maximum atomic E-state index is 5.73. The third-order valence-corrected chi connectivity index (χ3v) is 3.85. The van der Waals surface area contributed by atoms with Crippen molar-refractivity contribution in [1.29, 1.82) is 0 Å². The highest BCUT2D eigenvalue weighted by atomic mass is 15.1. The molecule has 3 N–H and O–H groups in total. The van der Waals surface area contributed by atoms with E-state index in [1.807, 2.05) is 12.1 Å². The van der Waals surface area contributed by atoms with Crippen molar-refractivity contribution in [2.75, 3.05) is 36.8 Å². The number of hydrogen-bond acceptors (Lipinski definition) is 3. The van der Waals surface area contributed by atoms with E-state index in [0.29, 0.717) is 0 Å². The Morgan fingerprint density at radius 2 is 2.11 bits per heavy atom. The normalized spacial score (nSPS) is 19.7. The number of anilines is 2. The maximum Gasteiger partial charge on any atom is 0.0367 e. The van der Waals surface area contributed by atoms with Crippen LogP contribution < -0.4 is 16.0 Å². The van der Waals surface area contributed by atoms with E-state index in [-0.39, 0.29) is 0 Å². The van der Waals surface area contributed by atoms with Crippen LogP contribution in [0.15, 0.2) is 24.3 Å². The first-order valence-electron chi connectivity index (χ1n) is 7.11. The minimum absolute atomic E-state index is 0.839. The lowest BCUT2D eigenvalue weighted by Crippen LogP contribution is -2.33. The van der Waals surface area contributed by atoms with Gasteiger partial charge in [-0.25, -0.2) is 0 Å². The second-order valence-electron chi connectivity index (χ2n) is 5.17. The zero-order valence-electron chi connectivity index (χ0n) is 11.4. The van der Waals surface area contributed by atoms with Gasteiger partial charge in [0.15, 0.2) is 0 Å². The number of rotatable bonds is 5. The second-order valence-corrected chi connectivity index (χ2v) is 5.17. The van der Waals surface area contributed by atoms with E-state index in [4.69, 9.17) is 5.73 Å². The number of nitrogens with one attached hydrogen (secondary N) is 1. The van der Waals surface area contributed by atoms with Crippen molar-refractivity contribution in [3.05, 3.63) is 24.3 Å². The SMILES string of the molecule is CCN(CCC1CCCNC1)c1ccc(N)cc1. The molecule has 0 aliphatic carbocycles. The Morgan fingerprint density at radius 3 is 2.72 bits per heavy atom. The zero-order valence-corrected chi connectivity index (χ0v) is 11.4. The Kier molecular flexibility index (Phi) is 4.88. The molecule has 2 rings (SSSR count). The summed E-state index contributed by atoms with van der Waals surface area (Å²) in [5, 5.41) is 3.49. The molecule has 1 atom stereocenters. The molecule has 1 fully saturated rings. The van der Waals surface area contributed by atoms with Crippen LogP contribution in [-0.4, -0.2) is 26.2 Å². The van der Waals surface area contributed by atoms with Crippen LogP contribution >= 0.6 is 0 Å². The summed E-state index contributed by atoms with van der Waals surface area (Å²) in [6.07, 6.45) is 4.00. The van der Waals surface area contributed by atoms with Gasteiger partial charge < -0.3 is 16.0 Å². The fraction of sp³-hybridized carbons (Fsp3) is 0.600. The van der Waals surface area contributed by atoms with Crippen molar-refractivity contribution in [2.45, 2.75) is 26.2 Å². The van der Waals surface area contributed by atoms with Crippen molar-refractivity contribution in [3.8, 4) is 0 Å². The van der Waals surface area contributed by atoms with Crippen LogP contribution in [0.5, 0.6) is 0 Å². The Morgan fingerprint density at radius 1 is 1.33 bits per heavy atom. The van der Waals surface area contributed by atoms with Gasteiger partial charge in [0.05, 0.1) is 0 Å². The van der Waals surface area contributed by atoms with E-state index < -0.39 is 0 Å². The smallest absolute Gasteiger partial charge is 0.0367 e. The molecule has 1 unspecified atom stereocenters. The molecule has 1 aliphatic heterocycles. The lowest BCUT2D eigenvalue weighted by atomic mass is 9.96. The molecule has 0 spiro atoms. The van der Waals surface area contributed by atoms with Gasteiger partial charge in [-0.2, -0.15) is 0 Å². The highest BCUT2D eigenvalue weighted by Crippen LogP contribution is 2.19. The molecule has 1 aromatic carbocycles. The fourth-order valence-corrected chi connectivity index (χ4v) is 2.66. The van der Waals surface area contributed by atoms with Crippen molar-refractivity contribution >= 4 is 11.4 Å². The molecule has 0 bridgehead atoms. The summed E-state index contributed by atoms with van der Waals surface area (Å²) < 4.78 is 0. The van der Waals surface area contributed by atoms with Crippen LogP contribution in [0, 0.1) is 5.92 Å². The van der Waals surface area contributed by atoms with Gasteiger partial charge in [0.2, 0.25) is 0 Å². The molecular formula is C15H25N3. The average molecular weight is 247 g/mol. The predicted molar refractivity (Wildman–Crippen MR) is 79.0 cm³/mol. The van der Waals surface area contributed by atoms with Crippen LogP contribution in [-0.2, 0) is 0 Å². The van der Waals surface area contributed by atoms with Crippen molar-refractivity contribution in [3.63, 3.8) is 0 Å². The topological polar surface area (TPSA) is 41.3 Å². The standard InChI is InChI=1S/C15H25N3/c1-2-18(15-7-5-14(16)6-8-15)11-9-13-4-3-10-17-12-13/h5-8,13,17H,2-4,9-12,16H2,1H3. The summed E-state index contributed by atoms with van der Waals surface area (Å²) >= 11 is 0. The van der Waals surface area contributed by atoms with Crippen LogP contribution in [0.3, 0.4) is 0 Å². The molecule has 100 valence electrons. The molecule has 0 aromatic heterocycles. The summed E-state index contributed by atoms with van der Waals surface area (Å²) in [5.74, 6) is 0.849. The first-order chi connectivity index (χ1) is 8.79. The van der Waals surface area contributed by atoms with E-state index in [0.717, 1.165) is 24.7 Å². The molecule has 1 aromatic rings. The molecule has 1 heterocycles. The largest absolute Gasteiger partial charge is 0.399 e. The van der Waals surface area contributed by atoms with Crippen molar-refractivity contribution in [2.24, 2.45) is 5.92 Å². The lowest BCUT2D eigenvalue weighted by Gasteiger charge is -2.28. The predicted octanol–water partition coefficient (Wildman–Crippen LogP) is 2.48. The van der Waals surface area contributed by atoms with E-state index in [1.165, 1.54) is 38.0 Å². The van der Waals surface area contributed by atoms with Crippen LogP contribution in [0.25, 0.3) is 0 Å². The van der Waals surface area contributed by atoms with Crippen molar-refractivity contribution in [1.82, 2.24) is 5.32 Å². The Hall–Kier alpha value is -1.22. The van der Waals surface area contributed by atoms with Gasteiger partial charge in [0.1, 0.15) is 0 Å². The minimum Gasteiger partial charge on any atom is -0.399 e. The number of nitrogens with zero attached hydrogens (tertiary/aromatic N) is 1. The van der Waals surface area contributed by atoms with E-state index in [9.17, 15) is 0 Å². The molecular weight excluding hydrogens is 222 g/mol. The summed E-state index contributed by atoms with van der Waals surface area (Å²) in [4.78, 5) is 2.44. The number of hydrogen-bond donors (Lipinski definition) is 2. The molecule has 3 heteroatoms. The van der Waals surface area contributed by atoms with Gasteiger partial charge in [-0.15, -0.1) is 0 Å². The van der Waals surface area contributed by atoms with Crippen LogP contribution in [0.4, 0.5) is 11.4 Å². The quantitative estimate of drug-likeness (QED) is 0.785. The number of benzene rings is 1.